The molecule has 1 atom stereocenters. The lowest BCUT2D eigenvalue weighted by molar-refractivity contribution is 0.401. The van der Waals surface area contributed by atoms with Crippen molar-refractivity contribution in [1.82, 2.24) is 14.8 Å². The van der Waals surface area contributed by atoms with Gasteiger partial charge in [0.2, 0.25) is 0 Å². The van der Waals surface area contributed by atoms with Gasteiger partial charge in [0.05, 0.1) is 0 Å². The molecular weight excluding hydrogens is 212 g/mol. The van der Waals surface area contributed by atoms with Gasteiger partial charge in [0.1, 0.15) is 11.6 Å². The van der Waals surface area contributed by atoms with E-state index in [0.717, 1.165) is 38.3 Å². The number of unbranched alkanes of at least 4 members (excludes halogenated alkanes) is 3. The Morgan fingerprint density at radius 1 is 1.24 bits per heavy atom. The van der Waals surface area contributed by atoms with Crippen LogP contribution in [0.3, 0.4) is 0 Å². The zero-order chi connectivity index (χ0) is 12.1. The molecule has 96 valence electrons. The molecular formula is C13H24N4. The molecule has 0 aromatic carbocycles. The minimum atomic E-state index is 0.768. The average molecular weight is 236 g/mol. The van der Waals surface area contributed by atoms with Gasteiger partial charge in [-0.25, -0.2) is 0 Å². The quantitative estimate of drug-likeness (QED) is 0.768. The summed E-state index contributed by atoms with van der Waals surface area (Å²) in [5.74, 6) is 3.16. The molecule has 2 N–H and O–H groups in total. The van der Waals surface area contributed by atoms with E-state index in [4.69, 9.17) is 5.73 Å². The molecule has 2 rings (SSSR count). The number of aromatic nitrogens is 3. The highest BCUT2D eigenvalue weighted by atomic mass is 15.3. The van der Waals surface area contributed by atoms with Crippen LogP contribution in [0.15, 0.2) is 0 Å². The molecule has 0 saturated carbocycles. The lowest BCUT2D eigenvalue weighted by Gasteiger charge is -2.20. The lowest BCUT2D eigenvalue weighted by Crippen LogP contribution is -2.19. The van der Waals surface area contributed by atoms with E-state index in [1.54, 1.807) is 0 Å². The van der Waals surface area contributed by atoms with Crippen LogP contribution in [0.1, 0.15) is 50.7 Å². The molecule has 17 heavy (non-hydrogen) atoms. The Morgan fingerprint density at radius 3 is 2.88 bits per heavy atom. The topological polar surface area (TPSA) is 56.7 Å². The van der Waals surface area contributed by atoms with Crippen LogP contribution in [-0.2, 0) is 19.4 Å². The Morgan fingerprint density at radius 2 is 2.06 bits per heavy atom. The maximum Gasteiger partial charge on any atom is 0.133 e. The molecule has 0 bridgehead atoms. The zero-order valence-corrected chi connectivity index (χ0v) is 10.9. The Kier molecular flexibility index (Phi) is 4.54. The second-order valence-corrected chi connectivity index (χ2v) is 5.23. The molecule has 4 nitrogen and oxygen atoms in total. The summed E-state index contributed by atoms with van der Waals surface area (Å²) in [5.41, 5.74) is 5.48. The highest BCUT2D eigenvalue weighted by Crippen LogP contribution is 2.20. The van der Waals surface area contributed by atoms with Gasteiger partial charge >= 0.3 is 0 Å². The summed E-state index contributed by atoms with van der Waals surface area (Å²) in [5, 5.41) is 8.65. The largest absolute Gasteiger partial charge is 0.330 e. The fourth-order valence-electron chi connectivity index (χ4n) is 2.51. The van der Waals surface area contributed by atoms with E-state index in [1.165, 1.54) is 37.3 Å². The Balaban J connectivity index is 1.81. The van der Waals surface area contributed by atoms with E-state index in [9.17, 15) is 0 Å². The number of nitrogens with zero attached hydrogens (tertiary/aromatic N) is 3. The van der Waals surface area contributed by atoms with E-state index in [0.29, 0.717) is 0 Å². The van der Waals surface area contributed by atoms with Crippen molar-refractivity contribution in [1.29, 1.82) is 0 Å². The van der Waals surface area contributed by atoms with Gasteiger partial charge in [0, 0.05) is 19.4 Å². The van der Waals surface area contributed by atoms with E-state index in [-0.39, 0.29) is 0 Å². The maximum absolute atomic E-state index is 5.48. The smallest absolute Gasteiger partial charge is 0.133 e. The van der Waals surface area contributed by atoms with Gasteiger partial charge in [-0.05, 0) is 31.7 Å². The van der Waals surface area contributed by atoms with Crippen molar-refractivity contribution in [3.05, 3.63) is 11.6 Å². The predicted molar refractivity (Wildman–Crippen MR) is 68.7 cm³/mol. The summed E-state index contributed by atoms with van der Waals surface area (Å²) >= 11 is 0. The van der Waals surface area contributed by atoms with Crippen LogP contribution in [0.4, 0.5) is 0 Å². The van der Waals surface area contributed by atoms with Crippen molar-refractivity contribution in [3.8, 4) is 0 Å². The van der Waals surface area contributed by atoms with Gasteiger partial charge in [-0.1, -0.05) is 19.8 Å². The number of nitrogens with two attached hydrogens (primary N) is 1. The normalized spacial score (nSPS) is 19.3. The summed E-state index contributed by atoms with van der Waals surface area (Å²) in [6.45, 7) is 4.23. The van der Waals surface area contributed by atoms with E-state index in [1.807, 2.05) is 0 Å². The highest BCUT2D eigenvalue weighted by molar-refractivity contribution is 5.00. The van der Waals surface area contributed by atoms with Crippen LogP contribution in [0.2, 0.25) is 0 Å². The van der Waals surface area contributed by atoms with Crippen LogP contribution < -0.4 is 5.73 Å². The summed E-state index contributed by atoms with van der Waals surface area (Å²) < 4.78 is 2.34. The van der Waals surface area contributed by atoms with Crippen molar-refractivity contribution in [3.63, 3.8) is 0 Å². The Bertz CT molecular complexity index is 345. The van der Waals surface area contributed by atoms with E-state index >= 15 is 0 Å². The number of fused-ring (bicyclic) bond motifs is 1. The molecule has 0 amide bonds. The van der Waals surface area contributed by atoms with Crippen molar-refractivity contribution < 1.29 is 0 Å². The Labute approximate surface area is 104 Å². The molecule has 1 aromatic rings. The monoisotopic (exact) mass is 236 g/mol. The molecule has 1 aromatic heterocycles. The standard InChI is InChI=1S/C13H24N4/c1-11-7-9-17-12(15-16-13(17)10-11)6-4-2-3-5-8-14/h11H,2-10,14H2,1H3. The van der Waals surface area contributed by atoms with Crippen LogP contribution in [0.25, 0.3) is 0 Å². The average Bonchev–Trinajstić information content (AvgIpc) is 2.71. The van der Waals surface area contributed by atoms with E-state index < -0.39 is 0 Å². The molecule has 1 unspecified atom stereocenters. The highest BCUT2D eigenvalue weighted by Gasteiger charge is 2.19. The minimum Gasteiger partial charge on any atom is -0.330 e. The zero-order valence-electron chi connectivity index (χ0n) is 10.9. The van der Waals surface area contributed by atoms with Gasteiger partial charge in [0.25, 0.3) is 0 Å². The van der Waals surface area contributed by atoms with Gasteiger partial charge in [-0.15, -0.1) is 10.2 Å². The maximum atomic E-state index is 5.48. The number of hydrogen-bond acceptors (Lipinski definition) is 3. The molecule has 0 saturated heterocycles. The third-order valence-corrected chi connectivity index (χ3v) is 3.64. The first-order valence-corrected chi connectivity index (χ1v) is 6.92. The van der Waals surface area contributed by atoms with Crippen molar-refractivity contribution in [2.24, 2.45) is 11.7 Å². The summed E-state index contributed by atoms with van der Waals surface area (Å²) in [7, 11) is 0. The van der Waals surface area contributed by atoms with Gasteiger partial charge in [-0.3, -0.25) is 0 Å². The third kappa shape index (κ3) is 3.28. The number of hydrogen-bond donors (Lipinski definition) is 1. The SMILES string of the molecule is CC1CCn2c(CCCCCCN)nnc2C1. The van der Waals surface area contributed by atoms with Gasteiger partial charge < -0.3 is 10.3 Å². The van der Waals surface area contributed by atoms with Crippen molar-refractivity contribution in [2.45, 2.75) is 58.4 Å². The van der Waals surface area contributed by atoms with Gasteiger partial charge in [-0.2, -0.15) is 0 Å². The summed E-state index contributed by atoms with van der Waals surface area (Å²) in [6, 6.07) is 0. The first-order chi connectivity index (χ1) is 8.31. The summed E-state index contributed by atoms with van der Waals surface area (Å²) in [6.07, 6.45) is 8.31. The van der Waals surface area contributed by atoms with Crippen LogP contribution in [0, 0.1) is 5.92 Å². The van der Waals surface area contributed by atoms with Crippen LogP contribution >= 0.6 is 0 Å². The van der Waals surface area contributed by atoms with Crippen molar-refractivity contribution in [2.75, 3.05) is 6.54 Å². The minimum absolute atomic E-state index is 0.768. The third-order valence-electron chi connectivity index (χ3n) is 3.64. The molecule has 2 heterocycles. The second-order valence-electron chi connectivity index (χ2n) is 5.23. The molecule has 0 radical (unpaired) electrons. The predicted octanol–water partition coefficient (Wildman–Crippen LogP) is 1.92. The fourth-order valence-corrected chi connectivity index (χ4v) is 2.51. The fraction of sp³-hybridized carbons (Fsp3) is 0.846. The molecule has 0 aliphatic carbocycles. The molecule has 1 aliphatic heterocycles. The van der Waals surface area contributed by atoms with E-state index in [2.05, 4.69) is 21.7 Å². The molecule has 0 fully saturated rings. The Hall–Kier alpha value is -0.900. The lowest BCUT2D eigenvalue weighted by atomic mass is 10.0. The molecule has 4 heteroatoms. The number of rotatable bonds is 6. The number of aryl methyl sites for hydroxylation is 1. The van der Waals surface area contributed by atoms with Crippen molar-refractivity contribution >= 4 is 0 Å². The van der Waals surface area contributed by atoms with Crippen LogP contribution in [0.5, 0.6) is 0 Å². The van der Waals surface area contributed by atoms with Gasteiger partial charge in [0.15, 0.2) is 0 Å². The van der Waals surface area contributed by atoms with Crippen LogP contribution in [-0.4, -0.2) is 21.3 Å². The first-order valence-electron chi connectivity index (χ1n) is 6.92. The second kappa shape index (κ2) is 6.15. The molecule has 0 spiro atoms. The molecule has 1 aliphatic rings. The summed E-state index contributed by atoms with van der Waals surface area (Å²) in [4.78, 5) is 0. The first kappa shape index (κ1) is 12.6.